The first-order valence-corrected chi connectivity index (χ1v) is 6.23. The molecule has 0 radical (unpaired) electrons. The highest BCUT2D eigenvalue weighted by molar-refractivity contribution is 7.80. The summed E-state index contributed by atoms with van der Waals surface area (Å²) in [6, 6.07) is 5.80. The summed E-state index contributed by atoms with van der Waals surface area (Å²) in [4.78, 5) is 0. The van der Waals surface area contributed by atoms with Crippen LogP contribution in [-0.2, 0) is 6.42 Å². The van der Waals surface area contributed by atoms with Gasteiger partial charge in [0.1, 0.15) is 0 Å². The van der Waals surface area contributed by atoms with Crippen LogP contribution < -0.4 is 20.2 Å². The van der Waals surface area contributed by atoms with Crippen molar-refractivity contribution in [2.24, 2.45) is 5.10 Å². The number of rotatable bonds is 5. The van der Waals surface area contributed by atoms with E-state index in [-0.39, 0.29) is 0 Å². The molecule has 0 heterocycles. The van der Waals surface area contributed by atoms with E-state index in [1.54, 1.807) is 21.3 Å². The number of ether oxygens (including phenoxy) is 2. The Labute approximate surface area is 119 Å². The van der Waals surface area contributed by atoms with Crippen LogP contribution in [-0.4, -0.2) is 32.1 Å². The average molecular weight is 281 g/mol. The summed E-state index contributed by atoms with van der Waals surface area (Å²) in [5.74, 6) is 1.43. The van der Waals surface area contributed by atoms with Crippen LogP contribution in [0.15, 0.2) is 23.3 Å². The molecule has 1 aromatic carbocycles. The van der Waals surface area contributed by atoms with Crippen LogP contribution in [0.1, 0.15) is 12.5 Å². The molecule has 0 aromatic heterocycles. The molecule has 0 saturated carbocycles. The maximum absolute atomic E-state index is 5.26. The Morgan fingerprint density at radius 1 is 1.26 bits per heavy atom. The summed E-state index contributed by atoms with van der Waals surface area (Å²) in [6.45, 7) is 1.93. The van der Waals surface area contributed by atoms with Gasteiger partial charge in [0, 0.05) is 19.2 Å². The zero-order valence-electron chi connectivity index (χ0n) is 11.6. The van der Waals surface area contributed by atoms with Crippen molar-refractivity contribution in [2.45, 2.75) is 13.3 Å². The molecule has 0 saturated heterocycles. The van der Waals surface area contributed by atoms with Crippen LogP contribution in [0.2, 0.25) is 0 Å². The monoisotopic (exact) mass is 281 g/mol. The molecule has 0 aliphatic heterocycles. The number of hydrogen-bond acceptors (Lipinski definition) is 4. The molecule has 2 N–H and O–H groups in total. The fourth-order valence-electron chi connectivity index (χ4n) is 1.53. The van der Waals surface area contributed by atoms with E-state index in [1.165, 1.54) is 0 Å². The van der Waals surface area contributed by atoms with Gasteiger partial charge in [-0.05, 0) is 36.8 Å². The Morgan fingerprint density at radius 2 is 1.95 bits per heavy atom. The Bertz CT molecular complexity index is 475. The number of nitrogens with one attached hydrogen (secondary N) is 2. The second-order valence-corrected chi connectivity index (χ2v) is 4.31. The first kappa shape index (κ1) is 15.2. The third kappa shape index (κ3) is 4.75. The van der Waals surface area contributed by atoms with Gasteiger partial charge in [-0.1, -0.05) is 6.07 Å². The molecule has 6 heteroatoms. The summed E-state index contributed by atoms with van der Waals surface area (Å²) in [5.41, 5.74) is 4.77. The maximum Gasteiger partial charge on any atom is 0.186 e. The Morgan fingerprint density at radius 3 is 2.53 bits per heavy atom. The molecule has 0 unspecified atom stereocenters. The molecule has 0 aliphatic carbocycles. The topological polar surface area (TPSA) is 54.9 Å². The third-order valence-corrected chi connectivity index (χ3v) is 2.78. The lowest BCUT2D eigenvalue weighted by Crippen LogP contribution is -2.29. The van der Waals surface area contributed by atoms with E-state index in [0.717, 1.165) is 17.0 Å². The molecular weight excluding hydrogens is 262 g/mol. The summed E-state index contributed by atoms with van der Waals surface area (Å²) in [6.07, 6.45) is 0.708. The van der Waals surface area contributed by atoms with Crippen molar-refractivity contribution in [3.8, 4) is 11.5 Å². The van der Waals surface area contributed by atoms with Crippen molar-refractivity contribution in [3.05, 3.63) is 23.8 Å². The molecular formula is C13H19N3O2S. The van der Waals surface area contributed by atoms with Gasteiger partial charge in [-0.2, -0.15) is 5.10 Å². The van der Waals surface area contributed by atoms with Gasteiger partial charge >= 0.3 is 0 Å². The number of nitrogens with zero attached hydrogens (tertiary/aromatic N) is 1. The number of benzene rings is 1. The Kier molecular flexibility index (Phi) is 6.08. The van der Waals surface area contributed by atoms with Gasteiger partial charge in [-0.3, -0.25) is 5.43 Å². The minimum absolute atomic E-state index is 0.492. The zero-order valence-corrected chi connectivity index (χ0v) is 12.4. The molecule has 1 aromatic rings. The molecule has 0 amide bonds. The summed E-state index contributed by atoms with van der Waals surface area (Å²) >= 11 is 4.94. The molecule has 19 heavy (non-hydrogen) atoms. The SMILES string of the molecule is CNC(=S)N/N=C(/C)Cc1ccc(OC)c(OC)c1. The van der Waals surface area contributed by atoms with Crippen molar-refractivity contribution in [2.75, 3.05) is 21.3 Å². The maximum atomic E-state index is 5.26. The lowest BCUT2D eigenvalue weighted by molar-refractivity contribution is 0.354. The Hall–Kier alpha value is -1.82. The first-order chi connectivity index (χ1) is 9.10. The summed E-state index contributed by atoms with van der Waals surface area (Å²) in [5, 5.41) is 7.47. The highest BCUT2D eigenvalue weighted by Gasteiger charge is 2.05. The van der Waals surface area contributed by atoms with E-state index in [2.05, 4.69) is 15.8 Å². The van der Waals surface area contributed by atoms with Gasteiger partial charge in [-0.25, -0.2) is 0 Å². The van der Waals surface area contributed by atoms with E-state index < -0.39 is 0 Å². The molecule has 0 bridgehead atoms. The number of hydrazone groups is 1. The minimum atomic E-state index is 0.492. The van der Waals surface area contributed by atoms with E-state index in [0.29, 0.717) is 17.3 Å². The fraction of sp³-hybridized carbons (Fsp3) is 0.385. The van der Waals surface area contributed by atoms with Gasteiger partial charge in [0.25, 0.3) is 0 Å². The molecule has 104 valence electrons. The molecule has 0 aliphatic rings. The molecule has 0 fully saturated rings. The van der Waals surface area contributed by atoms with Crippen LogP contribution >= 0.6 is 12.2 Å². The quantitative estimate of drug-likeness (QED) is 0.489. The largest absolute Gasteiger partial charge is 0.493 e. The van der Waals surface area contributed by atoms with E-state index in [9.17, 15) is 0 Å². The number of methoxy groups -OCH3 is 2. The van der Waals surface area contributed by atoms with Gasteiger partial charge in [0.05, 0.1) is 14.2 Å². The highest BCUT2D eigenvalue weighted by atomic mass is 32.1. The molecule has 1 rings (SSSR count). The predicted octanol–water partition coefficient (Wildman–Crippen LogP) is 1.72. The second kappa shape index (κ2) is 7.58. The van der Waals surface area contributed by atoms with Crippen LogP contribution in [0.25, 0.3) is 0 Å². The third-order valence-electron chi connectivity index (χ3n) is 2.48. The smallest absolute Gasteiger partial charge is 0.186 e. The fourth-order valence-corrected chi connectivity index (χ4v) is 1.57. The van der Waals surface area contributed by atoms with Crippen molar-refractivity contribution >= 4 is 23.0 Å². The van der Waals surface area contributed by atoms with Crippen molar-refractivity contribution in [1.82, 2.24) is 10.7 Å². The minimum Gasteiger partial charge on any atom is -0.493 e. The van der Waals surface area contributed by atoms with E-state index in [1.807, 2.05) is 25.1 Å². The van der Waals surface area contributed by atoms with Crippen molar-refractivity contribution in [1.29, 1.82) is 0 Å². The van der Waals surface area contributed by atoms with Crippen molar-refractivity contribution in [3.63, 3.8) is 0 Å². The lowest BCUT2D eigenvalue weighted by Gasteiger charge is -2.09. The van der Waals surface area contributed by atoms with Crippen molar-refractivity contribution < 1.29 is 9.47 Å². The summed E-state index contributed by atoms with van der Waals surface area (Å²) in [7, 11) is 4.98. The lowest BCUT2D eigenvalue weighted by atomic mass is 10.1. The molecule has 0 atom stereocenters. The average Bonchev–Trinajstić information content (AvgIpc) is 2.44. The predicted molar refractivity (Wildman–Crippen MR) is 81.2 cm³/mol. The number of thiocarbonyl (C=S) groups is 1. The molecule has 5 nitrogen and oxygen atoms in total. The standard InChI is InChI=1S/C13H19N3O2S/c1-9(15-16-13(19)14-2)7-10-5-6-11(17-3)12(8-10)18-4/h5-6,8H,7H2,1-4H3,(H2,14,16,19)/b15-9-. The van der Waals surface area contributed by atoms with E-state index in [4.69, 9.17) is 21.7 Å². The highest BCUT2D eigenvalue weighted by Crippen LogP contribution is 2.27. The van der Waals surface area contributed by atoms with Gasteiger partial charge in [-0.15, -0.1) is 0 Å². The number of hydrogen-bond donors (Lipinski definition) is 2. The van der Waals surface area contributed by atoms with Crippen LogP contribution in [0.3, 0.4) is 0 Å². The van der Waals surface area contributed by atoms with Crippen LogP contribution in [0.4, 0.5) is 0 Å². The van der Waals surface area contributed by atoms with Crippen LogP contribution in [0.5, 0.6) is 11.5 Å². The Balaban J connectivity index is 2.74. The molecule has 0 spiro atoms. The van der Waals surface area contributed by atoms with Gasteiger partial charge in [0.2, 0.25) is 0 Å². The normalized spacial score (nSPS) is 10.8. The van der Waals surface area contributed by atoms with Gasteiger partial charge in [0.15, 0.2) is 16.6 Å². The first-order valence-electron chi connectivity index (χ1n) is 5.82. The van der Waals surface area contributed by atoms with E-state index >= 15 is 0 Å². The van der Waals surface area contributed by atoms with Gasteiger partial charge < -0.3 is 14.8 Å². The second-order valence-electron chi connectivity index (χ2n) is 3.90. The van der Waals surface area contributed by atoms with Crippen LogP contribution in [0, 0.1) is 0 Å². The zero-order chi connectivity index (χ0) is 14.3. The summed E-state index contributed by atoms with van der Waals surface area (Å²) < 4.78 is 10.5.